The van der Waals surface area contributed by atoms with Gasteiger partial charge in [0, 0.05) is 17.3 Å². The van der Waals surface area contributed by atoms with Crippen molar-refractivity contribution < 1.29 is 4.79 Å². The average molecular weight is 298 g/mol. The van der Waals surface area contributed by atoms with Gasteiger partial charge in [0.1, 0.15) is 5.82 Å². The number of aromatic nitrogens is 4. The summed E-state index contributed by atoms with van der Waals surface area (Å²) in [7, 11) is 0. The van der Waals surface area contributed by atoms with Crippen molar-refractivity contribution in [2.75, 3.05) is 5.32 Å². The highest BCUT2D eigenvalue weighted by Crippen LogP contribution is 2.19. The minimum absolute atomic E-state index is 0.399. The number of hydrogen-bond donors (Lipinski definition) is 2. The number of anilines is 1. The zero-order chi connectivity index (χ0) is 16.1. The monoisotopic (exact) mass is 298 g/mol. The smallest absolute Gasteiger partial charge is 0.317 e. The van der Waals surface area contributed by atoms with Crippen LogP contribution in [-0.2, 0) is 0 Å². The zero-order valence-electron chi connectivity index (χ0n) is 12.7. The van der Waals surface area contributed by atoms with E-state index in [4.69, 9.17) is 5.73 Å². The number of hydrogen-bond acceptors (Lipinski definition) is 4. The molecule has 0 saturated heterocycles. The Hall–Kier alpha value is -2.96. The standard InChI is InChI=1S/C13H12N6O.C2H6/c1-8-4-10(2-3-15-8)19-11-7-16-12(18-13(14)20)5-9(11)6-17-19;1-2/h2-7H,1H3,(H3,14,16,18,20);1-2H3. The van der Waals surface area contributed by atoms with Crippen LogP contribution in [0.3, 0.4) is 0 Å². The van der Waals surface area contributed by atoms with Crippen LogP contribution in [0.15, 0.2) is 36.8 Å². The van der Waals surface area contributed by atoms with Gasteiger partial charge in [-0.2, -0.15) is 5.10 Å². The van der Waals surface area contributed by atoms with Crippen LogP contribution in [0.1, 0.15) is 19.5 Å². The first-order valence-electron chi connectivity index (χ1n) is 6.97. The normalized spacial score (nSPS) is 9.95. The van der Waals surface area contributed by atoms with Crippen molar-refractivity contribution in [3.8, 4) is 5.69 Å². The number of nitrogens with zero attached hydrogens (tertiary/aromatic N) is 4. The Balaban J connectivity index is 0.000000847. The maximum atomic E-state index is 10.8. The molecule has 7 heteroatoms. The van der Waals surface area contributed by atoms with Crippen molar-refractivity contribution in [1.82, 2.24) is 19.7 Å². The number of rotatable bonds is 2. The van der Waals surface area contributed by atoms with E-state index < -0.39 is 6.03 Å². The maximum Gasteiger partial charge on any atom is 0.317 e. The van der Waals surface area contributed by atoms with Crippen LogP contribution in [-0.4, -0.2) is 25.8 Å². The van der Waals surface area contributed by atoms with E-state index in [1.807, 2.05) is 32.9 Å². The number of fused-ring (bicyclic) bond motifs is 1. The molecule has 0 aromatic carbocycles. The summed E-state index contributed by atoms with van der Waals surface area (Å²) in [5.41, 5.74) is 7.72. The van der Waals surface area contributed by atoms with Crippen LogP contribution >= 0.6 is 0 Å². The van der Waals surface area contributed by atoms with Gasteiger partial charge in [0.15, 0.2) is 0 Å². The van der Waals surface area contributed by atoms with Crippen molar-refractivity contribution in [2.45, 2.75) is 20.8 Å². The van der Waals surface area contributed by atoms with E-state index in [0.717, 1.165) is 22.3 Å². The van der Waals surface area contributed by atoms with Crippen LogP contribution in [0.25, 0.3) is 16.6 Å². The van der Waals surface area contributed by atoms with Crippen molar-refractivity contribution in [1.29, 1.82) is 0 Å². The summed E-state index contributed by atoms with van der Waals surface area (Å²) in [5.74, 6) is 0.399. The molecule has 0 saturated carbocycles. The van der Waals surface area contributed by atoms with Gasteiger partial charge in [-0.1, -0.05) is 13.8 Å². The number of aryl methyl sites for hydroxylation is 1. The van der Waals surface area contributed by atoms with E-state index in [1.165, 1.54) is 0 Å². The predicted octanol–water partition coefficient (Wildman–Crippen LogP) is 2.64. The minimum atomic E-state index is -0.644. The molecule has 3 N–H and O–H groups in total. The molecule has 3 aromatic heterocycles. The molecule has 3 heterocycles. The van der Waals surface area contributed by atoms with Crippen LogP contribution < -0.4 is 11.1 Å². The summed E-state index contributed by atoms with van der Waals surface area (Å²) >= 11 is 0. The molecule has 114 valence electrons. The van der Waals surface area contributed by atoms with Crippen LogP contribution in [0.4, 0.5) is 10.6 Å². The Kier molecular flexibility index (Phi) is 4.67. The van der Waals surface area contributed by atoms with Crippen LogP contribution in [0, 0.1) is 6.92 Å². The SMILES string of the molecule is CC.Cc1cc(-n2ncc3cc(NC(N)=O)ncc32)ccn1. The van der Waals surface area contributed by atoms with Crippen LogP contribution in [0.5, 0.6) is 0 Å². The molecule has 2 amide bonds. The summed E-state index contributed by atoms with van der Waals surface area (Å²) in [4.78, 5) is 19.1. The van der Waals surface area contributed by atoms with Crippen molar-refractivity contribution in [3.63, 3.8) is 0 Å². The fourth-order valence-corrected chi connectivity index (χ4v) is 1.99. The van der Waals surface area contributed by atoms with Gasteiger partial charge >= 0.3 is 6.03 Å². The molecule has 0 aliphatic heterocycles. The lowest BCUT2D eigenvalue weighted by Gasteiger charge is -2.04. The van der Waals surface area contributed by atoms with E-state index in [0.29, 0.717) is 5.82 Å². The van der Waals surface area contributed by atoms with Gasteiger partial charge in [0.05, 0.1) is 23.6 Å². The second-order valence-corrected chi connectivity index (χ2v) is 4.33. The number of amides is 2. The van der Waals surface area contributed by atoms with Gasteiger partial charge in [-0.05, 0) is 25.1 Å². The Morgan fingerprint density at radius 3 is 2.68 bits per heavy atom. The highest BCUT2D eigenvalue weighted by atomic mass is 16.2. The molecule has 0 fully saturated rings. The maximum absolute atomic E-state index is 10.8. The summed E-state index contributed by atoms with van der Waals surface area (Å²) in [6.07, 6.45) is 5.08. The Morgan fingerprint density at radius 1 is 1.23 bits per heavy atom. The van der Waals surface area contributed by atoms with E-state index in [-0.39, 0.29) is 0 Å². The zero-order valence-corrected chi connectivity index (χ0v) is 12.7. The third-order valence-corrected chi connectivity index (χ3v) is 2.83. The summed E-state index contributed by atoms with van der Waals surface area (Å²) in [6.45, 7) is 5.92. The average Bonchev–Trinajstić information content (AvgIpc) is 2.92. The number of nitrogens with two attached hydrogens (primary N) is 1. The molecule has 3 rings (SSSR count). The summed E-state index contributed by atoms with van der Waals surface area (Å²) in [6, 6.07) is 4.88. The first-order valence-corrected chi connectivity index (χ1v) is 6.97. The molecule has 0 radical (unpaired) electrons. The fourth-order valence-electron chi connectivity index (χ4n) is 1.99. The quantitative estimate of drug-likeness (QED) is 0.759. The van der Waals surface area contributed by atoms with E-state index in [2.05, 4.69) is 20.4 Å². The molecule has 0 bridgehead atoms. The van der Waals surface area contributed by atoms with E-state index in [9.17, 15) is 4.79 Å². The summed E-state index contributed by atoms with van der Waals surface area (Å²) in [5, 5.41) is 7.63. The van der Waals surface area contributed by atoms with Gasteiger partial charge in [-0.15, -0.1) is 0 Å². The summed E-state index contributed by atoms with van der Waals surface area (Å²) < 4.78 is 1.77. The first kappa shape index (κ1) is 15.4. The third kappa shape index (κ3) is 3.20. The number of nitrogens with one attached hydrogen (secondary N) is 1. The van der Waals surface area contributed by atoms with Gasteiger partial charge in [-0.25, -0.2) is 14.5 Å². The number of pyridine rings is 2. The predicted molar refractivity (Wildman–Crippen MR) is 86.0 cm³/mol. The van der Waals surface area contributed by atoms with Gasteiger partial charge in [0.25, 0.3) is 0 Å². The second-order valence-electron chi connectivity index (χ2n) is 4.33. The molecular formula is C15H18N6O. The van der Waals surface area contributed by atoms with Crippen molar-refractivity contribution >= 4 is 22.8 Å². The van der Waals surface area contributed by atoms with Crippen LogP contribution in [0.2, 0.25) is 0 Å². The molecule has 0 aliphatic rings. The third-order valence-electron chi connectivity index (χ3n) is 2.83. The van der Waals surface area contributed by atoms with E-state index in [1.54, 1.807) is 29.3 Å². The van der Waals surface area contributed by atoms with Gasteiger partial charge in [0.2, 0.25) is 0 Å². The van der Waals surface area contributed by atoms with Gasteiger partial charge in [-0.3, -0.25) is 10.3 Å². The lowest BCUT2D eigenvalue weighted by molar-refractivity contribution is 0.259. The minimum Gasteiger partial charge on any atom is -0.351 e. The highest BCUT2D eigenvalue weighted by molar-refractivity contribution is 5.90. The number of urea groups is 1. The van der Waals surface area contributed by atoms with E-state index >= 15 is 0 Å². The first-order chi connectivity index (χ1) is 10.6. The number of primary amides is 1. The molecular weight excluding hydrogens is 280 g/mol. The molecule has 0 atom stereocenters. The molecule has 22 heavy (non-hydrogen) atoms. The largest absolute Gasteiger partial charge is 0.351 e. The van der Waals surface area contributed by atoms with Crippen molar-refractivity contribution in [3.05, 3.63) is 42.5 Å². The Labute approximate surface area is 128 Å². The molecule has 0 aliphatic carbocycles. The number of carbonyl (C=O) groups is 1. The van der Waals surface area contributed by atoms with Gasteiger partial charge < -0.3 is 5.73 Å². The fraction of sp³-hybridized carbons (Fsp3) is 0.200. The topological polar surface area (TPSA) is 98.7 Å². The highest BCUT2D eigenvalue weighted by Gasteiger charge is 2.07. The molecule has 7 nitrogen and oxygen atoms in total. The Bertz CT molecular complexity index is 796. The second kappa shape index (κ2) is 6.66. The Morgan fingerprint density at radius 2 is 2.00 bits per heavy atom. The molecule has 3 aromatic rings. The van der Waals surface area contributed by atoms with Crippen molar-refractivity contribution in [2.24, 2.45) is 5.73 Å². The lowest BCUT2D eigenvalue weighted by Crippen LogP contribution is -2.19. The lowest BCUT2D eigenvalue weighted by atomic mass is 10.3. The number of carbonyl (C=O) groups excluding carboxylic acids is 1. The molecule has 0 spiro atoms. The molecule has 0 unspecified atom stereocenters.